The molecule has 4 N–H and O–H groups in total. The van der Waals surface area contributed by atoms with Crippen LogP contribution < -0.4 is 16.0 Å². The van der Waals surface area contributed by atoms with Gasteiger partial charge in [0, 0.05) is 51.1 Å². The van der Waals surface area contributed by atoms with E-state index >= 15 is 0 Å². The minimum atomic E-state index is 0.607. The van der Waals surface area contributed by atoms with E-state index in [-0.39, 0.29) is 0 Å². The molecular formula is C13H20N6. The molecule has 0 radical (unpaired) electrons. The van der Waals surface area contributed by atoms with Crippen molar-refractivity contribution in [3.63, 3.8) is 0 Å². The molecule has 6 heteroatoms. The molecule has 0 aliphatic carbocycles. The zero-order valence-corrected chi connectivity index (χ0v) is 11.1. The molecule has 0 aromatic carbocycles. The van der Waals surface area contributed by atoms with Crippen LogP contribution in [0, 0.1) is 0 Å². The molecule has 0 aliphatic heterocycles. The number of nitrogens with one attached hydrogen (secondary N) is 2. The average molecular weight is 260 g/mol. The summed E-state index contributed by atoms with van der Waals surface area (Å²) in [5.74, 6) is 1.71. The van der Waals surface area contributed by atoms with Crippen molar-refractivity contribution in [1.29, 1.82) is 0 Å². The average Bonchev–Trinajstić information content (AvgIpc) is 2.93. The quantitative estimate of drug-likeness (QED) is 0.687. The predicted molar refractivity (Wildman–Crippen MR) is 77.3 cm³/mol. The van der Waals surface area contributed by atoms with Gasteiger partial charge in [0.15, 0.2) is 0 Å². The number of rotatable bonds is 7. The fourth-order valence-corrected chi connectivity index (χ4v) is 1.81. The zero-order valence-electron chi connectivity index (χ0n) is 11.1. The summed E-state index contributed by atoms with van der Waals surface area (Å²) in [7, 11) is 1.97. The highest BCUT2D eigenvalue weighted by Crippen LogP contribution is 2.12. The Morgan fingerprint density at radius 3 is 3.05 bits per heavy atom. The molecule has 0 unspecified atom stereocenters. The summed E-state index contributed by atoms with van der Waals surface area (Å²) in [5.41, 5.74) is 6.75. The molecule has 19 heavy (non-hydrogen) atoms. The third kappa shape index (κ3) is 3.96. The fraction of sp³-hybridized carbons (Fsp3) is 0.385. The number of nitrogens with two attached hydrogens (primary N) is 1. The molecule has 2 heterocycles. The van der Waals surface area contributed by atoms with Crippen LogP contribution in [-0.4, -0.2) is 41.6 Å². The first-order valence-electron chi connectivity index (χ1n) is 6.39. The summed E-state index contributed by atoms with van der Waals surface area (Å²) < 4.78 is 0. The summed E-state index contributed by atoms with van der Waals surface area (Å²) in [6.07, 6.45) is 4.43. The highest BCUT2D eigenvalue weighted by molar-refractivity contribution is 5.47. The van der Waals surface area contributed by atoms with Crippen molar-refractivity contribution in [2.24, 2.45) is 5.73 Å². The highest BCUT2D eigenvalue weighted by atomic mass is 15.2. The first kappa shape index (κ1) is 13.4. The van der Waals surface area contributed by atoms with Crippen molar-refractivity contribution >= 4 is 11.6 Å². The van der Waals surface area contributed by atoms with E-state index in [1.54, 1.807) is 6.33 Å². The Labute approximate surface area is 113 Å². The van der Waals surface area contributed by atoms with E-state index in [0.717, 1.165) is 31.1 Å². The van der Waals surface area contributed by atoms with Gasteiger partial charge in [-0.05, 0) is 12.1 Å². The molecule has 0 aliphatic rings. The van der Waals surface area contributed by atoms with Gasteiger partial charge in [0.05, 0.1) is 0 Å². The Bertz CT molecular complexity index is 482. The van der Waals surface area contributed by atoms with Gasteiger partial charge in [0.25, 0.3) is 0 Å². The number of H-pyrrole nitrogens is 1. The molecule has 2 aromatic heterocycles. The first-order chi connectivity index (χ1) is 9.29. The topological polar surface area (TPSA) is 82.9 Å². The van der Waals surface area contributed by atoms with E-state index in [2.05, 4.69) is 26.3 Å². The Morgan fingerprint density at radius 1 is 1.42 bits per heavy atom. The largest absolute Gasteiger partial charge is 0.370 e. The van der Waals surface area contributed by atoms with E-state index in [9.17, 15) is 0 Å². The SMILES string of the molecule is CN(CCN)c1cc(NCCc2ccc[nH]2)ncn1. The van der Waals surface area contributed by atoms with Gasteiger partial charge in [0.2, 0.25) is 0 Å². The second-order valence-electron chi connectivity index (χ2n) is 4.34. The van der Waals surface area contributed by atoms with Crippen molar-refractivity contribution < 1.29 is 0 Å². The Hall–Kier alpha value is -2.08. The van der Waals surface area contributed by atoms with E-state index < -0.39 is 0 Å². The molecule has 102 valence electrons. The van der Waals surface area contributed by atoms with Crippen LogP contribution in [0.4, 0.5) is 11.6 Å². The number of aromatic amines is 1. The van der Waals surface area contributed by atoms with Crippen LogP contribution in [0.15, 0.2) is 30.7 Å². The molecule has 0 bridgehead atoms. The predicted octanol–water partition coefficient (Wildman–Crippen LogP) is 0.854. The number of nitrogens with zero attached hydrogens (tertiary/aromatic N) is 3. The van der Waals surface area contributed by atoms with Gasteiger partial charge < -0.3 is 20.9 Å². The molecule has 0 saturated carbocycles. The smallest absolute Gasteiger partial charge is 0.133 e. The maximum atomic E-state index is 5.54. The van der Waals surface area contributed by atoms with Crippen molar-refractivity contribution in [2.75, 3.05) is 36.9 Å². The lowest BCUT2D eigenvalue weighted by atomic mass is 10.3. The maximum absolute atomic E-state index is 5.54. The third-order valence-electron chi connectivity index (χ3n) is 2.87. The molecule has 0 amide bonds. The fourth-order valence-electron chi connectivity index (χ4n) is 1.81. The lowest BCUT2D eigenvalue weighted by Gasteiger charge is -2.17. The molecule has 0 saturated heterocycles. The van der Waals surface area contributed by atoms with Crippen LogP contribution in [0.5, 0.6) is 0 Å². The molecule has 0 atom stereocenters. The highest BCUT2D eigenvalue weighted by Gasteiger charge is 2.03. The van der Waals surface area contributed by atoms with Crippen LogP contribution >= 0.6 is 0 Å². The number of aromatic nitrogens is 3. The van der Waals surface area contributed by atoms with Gasteiger partial charge in [-0.15, -0.1) is 0 Å². The lowest BCUT2D eigenvalue weighted by molar-refractivity contribution is 0.863. The normalized spacial score (nSPS) is 10.4. The third-order valence-corrected chi connectivity index (χ3v) is 2.87. The number of hydrogen-bond donors (Lipinski definition) is 3. The second kappa shape index (κ2) is 6.75. The summed E-state index contributed by atoms with van der Waals surface area (Å²) >= 11 is 0. The summed E-state index contributed by atoms with van der Waals surface area (Å²) in [4.78, 5) is 13.6. The molecular weight excluding hydrogens is 240 g/mol. The van der Waals surface area contributed by atoms with Gasteiger partial charge in [-0.25, -0.2) is 9.97 Å². The van der Waals surface area contributed by atoms with Gasteiger partial charge >= 0.3 is 0 Å². The van der Waals surface area contributed by atoms with Gasteiger partial charge in [-0.3, -0.25) is 0 Å². The zero-order chi connectivity index (χ0) is 13.5. The monoisotopic (exact) mass is 260 g/mol. The van der Waals surface area contributed by atoms with E-state index in [1.807, 2.05) is 30.3 Å². The van der Waals surface area contributed by atoms with Gasteiger partial charge in [-0.2, -0.15) is 0 Å². The van der Waals surface area contributed by atoms with Crippen LogP contribution in [0.25, 0.3) is 0 Å². The van der Waals surface area contributed by atoms with Crippen molar-refractivity contribution in [1.82, 2.24) is 15.0 Å². The Kier molecular flexibility index (Phi) is 4.74. The molecule has 6 nitrogen and oxygen atoms in total. The van der Waals surface area contributed by atoms with Crippen molar-refractivity contribution in [3.8, 4) is 0 Å². The molecule has 2 rings (SSSR count). The molecule has 0 fully saturated rings. The standard InChI is InChI=1S/C13H20N6/c1-19(8-5-14)13-9-12(17-10-18-13)16-7-4-11-3-2-6-15-11/h2-3,6,9-10,15H,4-5,7-8,14H2,1H3,(H,16,17,18). The summed E-state index contributed by atoms with van der Waals surface area (Å²) in [6.45, 7) is 2.21. The maximum Gasteiger partial charge on any atom is 0.133 e. The number of hydrogen-bond acceptors (Lipinski definition) is 5. The minimum Gasteiger partial charge on any atom is -0.370 e. The van der Waals surface area contributed by atoms with Crippen LogP contribution in [0.1, 0.15) is 5.69 Å². The number of anilines is 2. The Balaban J connectivity index is 1.88. The van der Waals surface area contributed by atoms with Crippen molar-refractivity contribution in [3.05, 3.63) is 36.4 Å². The van der Waals surface area contributed by atoms with E-state index in [0.29, 0.717) is 6.54 Å². The van der Waals surface area contributed by atoms with Crippen LogP contribution in [-0.2, 0) is 6.42 Å². The van der Waals surface area contributed by atoms with E-state index in [1.165, 1.54) is 5.69 Å². The van der Waals surface area contributed by atoms with Crippen LogP contribution in [0.2, 0.25) is 0 Å². The molecule has 0 spiro atoms. The van der Waals surface area contributed by atoms with Crippen molar-refractivity contribution in [2.45, 2.75) is 6.42 Å². The first-order valence-corrected chi connectivity index (χ1v) is 6.39. The van der Waals surface area contributed by atoms with Gasteiger partial charge in [-0.1, -0.05) is 0 Å². The summed E-state index contributed by atoms with van der Waals surface area (Å²) in [6, 6.07) is 6.01. The number of likely N-dealkylation sites (N-methyl/N-ethyl adjacent to an activating group) is 1. The Morgan fingerprint density at radius 2 is 2.32 bits per heavy atom. The minimum absolute atomic E-state index is 0.607. The lowest BCUT2D eigenvalue weighted by Crippen LogP contribution is -2.25. The summed E-state index contributed by atoms with van der Waals surface area (Å²) in [5, 5.41) is 3.29. The van der Waals surface area contributed by atoms with Gasteiger partial charge in [0.1, 0.15) is 18.0 Å². The van der Waals surface area contributed by atoms with Crippen LogP contribution in [0.3, 0.4) is 0 Å². The van der Waals surface area contributed by atoms with E-state index in [4.69, 9.17) is 5.73 Å². The molecule has 2 aromatic rings. The second-order valence-corrected chi connectivity index (χ2v) is 4.34.